The van der Waals surface area contributed by atoms with E-state index in [1.54, 1.807) is 13.8 Å². The van der Waals surface area contributed by atoms with Gasteiger partial charge in [0, 0.05) is 11.4 Å². The van der Waals surface area contributed by atoms with Gasteiger partial charge >= 0.3 is 0 Å². The second-order valence-electron chi connectivity index (χ2n) is 6.36. The molecule has 0 fully saturated rings. The van der Waals surface area contributed by atoms with E-state index < -0.39 is 5.41 Å². The molecule has 126 valence electrons. The second kappa shape index (κ2) is 7.30. The first-order chi connectivity index (χ1) is 11.4. The van der Waals surface area contributed by atoms with Gasteiger partial charge in [-0.3, -0.25) is 9.59 Å². The zero-order valence-corrected chi connectivity index (χ0v) is 14.6. The van der Waals surface area contributed by atoms with Crippen LogP contribution in [0.25, 0.3) is 0 Å². The van der Waals surface area contributed by atoms with E-state index in [0.717, 1.165) is 28.9 Å². The SMILES string of the molecule is CCc1ccccc1NC(=O)C(C)(C)C(=O)Nc1ccccc1C. The highest BCUT2D eigenvalue weighted by atomic mass is 16.2. The molecule has 0 spiro atoms. The molecule has 0 aliphatic rings. The van der Waals surface area contributed by atoms with E-state index in [9.17, 15) is 9.59 Å². The average molecular weight is 324 g/mol. The van der Waals surface area contributed by atoms with Gasteiger partial charge in [0.1, 0.15) is 5.41 Å². The lowest BCUT2D eigenvalue weighted by Gasteiger charge is -2.24. The number of aryl methyl sites for hydroxylation is 2. The summed E-state index contributed by atoms with van der Waals surface area (Å²) in [5.41, 5.74) is 2.28. The molecule has 0 saturated heterocycles. The van der Waals surface area contributed by atoms with E-state index in [2.05, 4.69) is 10.6 Å². The van der Waals surface area contributed by atoms with E-state index in [4.69, 9.17) is 0 Å². The Morgan fingerprint density at radius 1 is 0.875 bits per heavy atom. The minimum atomic E-state index is -1.19. The fourth-order valence-electron chi connectivity index (χ4n) is 2.32. The number of hydrogen-bond acceptors (Lipinski definition) is 2. The van der Waals surface area contributed by atoms with Crippen molar-refractivity contribution in [3.63, 3.8) is 0 Å². The van der Waals surface area contributed by atoms with Crippen molar-refractivity contribution in [1.82, 2.24) is 0 Å². The van der Waals surface area contributed by atoms with Crippen LogP contribution in [0.3, 0.4) is 0 Å². The van der Waals surface area contributed by atoms with Crippen molar-refractivity contribution in [2.45, 2.75) is 34.1 Å². The van der Waals surface area contributed by atoms with Crippen molar-refractivity contribution >= 4 is 23.2 Å². The highest BCUT2D eigenvalue weighted by molar-refractivity contribution is 6.14. The predicted octanol–water partition coefficient (Wildman–Crippen LogP) is 4.16. The largest absolute Gasteiger partial charge is 0.325 e. The Morgan fingerprint density at radius 3 is 1.96 bits per heavy atom. The van der Waals surface area contributed by atoms with Crippen LogP contribution in [-0.2, 0) is 16.0 Å². The first-order valence-electron chi connectivity index (χ1n) is 8.12. The molecular weight excluding hydrogens is 300 g/mol. The first kappa shape index (κ1) is 17.7. The highest BCUT2D eigenvalue weighted by Gasteiger charge is 2.36. The number of anilines is 2. The molecule has 0 saturated carbocycles. The summed E-state index contributed by atoms with van der Waals surface area (Å²) in [4.78, 5) is 25.2. The van der Waals surface area contributed by atoms with Gasteiger partial charge in [0.2, 0.25) is 11.8 Å². The van der Waals surface area contributed by atoms with Crippen LogP contribution < -0.4 is 10.6 Å². The van der Waals surface area contributed by atoms with E-state index in [0.29, 0.717) is 0 Å². The third kappa shape index (κ3) is 3.82. The Bertz CT molecular complexity index is 751. The molecule has 0 heterocycles. The van der Waals surface area contributed by atoms with Gasteiger partial charge in [-0.1, -0.05) is 43.3 Å². The van der Waals surface area contributed by atoms with Crippen molar-refractivity contribution in [3.05, 3.63) is 59.7 Å². The van der Waals surface area contributed by atoms with Gasteiger partial charge in [-0.15, -0.1) is 0 Å². The monoisotopic (exact) mass is 324 g/mol. The lowest BCUT2D eigenvalue weighted by Crippen LogP contribution is -2.41. The fraction of sp³-hybridized carbons (Fsp3) is 0.300. The van der Waals surface area contributed by atoms with Crippen LogP contribution >= 0.6 is 0 Å². The third-order valence-electron chi connectivity index (χ3n) is 4.18. The summed E-state index contributed by atoms with van der Waals surface area (Å²) in [5.74, 6) is -0.655. The van der Waals surface area contributed by atoms with Crippen molar-refractivity contribution in [2.24, 2.45) is 5.41 Å². The zero-order chi connectivity index (χ0) is 17.7. The molecule has 0 radical (unpaired) electrons. The summed E-state index contributed by atoms with van der Waals surface area (Å²) in [6.07, 6.45) is 0.812. The molecule has 0 atom stereocenters. The van der Waals surface area contributed by atoms with E-state index in [1.165, 1.54) is 0 Å². The summed E-state index contributed by atoms with van der Waals surface area (Å²) in [6.45, 7) is 7.20. The molecule has 4 heteroatoms. The topological polar surface area (TPSA) is 58.2 Å². The van der Waals surface area contributed by atoms with Crippen molar-refractivity contribution in [3.8, 4) is 0 Å². The van der Waals surface area contributed by atoms with Gasteiger partial charge in [-0.25, -0.2) is 0 Å². The number of carbonyl (C=O) groups excluding carboxylic acids is 2. The average Bonchev–Trinajstić information content (AvgIpc) is 2.57. The maximum Gasteiger partial charge on any atom is 0.239 e. The lowest BCUT2D eigenvalue weighted by molar-refractivity contribution is -0.135. The standard InChI is InChI=1S/C20H24N2O2/c1-5-15-11-7-9-13-17(15)22-19(24)20(3,4)18(23)21-16-12-8-6-10-14(16)2/h6-13H,5H2,1-4H3,(H,21,23)(H,22,24). The van der Waals surface area contributed by atoms with Gasteiger partial charge < -0.3 is 10.6 Å². The molecule has 2 aromatic rings. The first-order valence-corrected chi connectivity index (χ1v) is 8.12. The molecule has 2 rings (SSSR count). The van der Waals surface area contributed by atoms with Crippen LogP contribution in [-0.4, -0.2) is 11.8 Å². The number of amides is 2. The van der Waals surface area contributed by atoms with Gasteiger partial charge in [0.05, 0.1) is 0 Å². The molecule has 24 heavy (non-hydrogen) atoms. The van der Waals surface area contributed by atoms with Crippen LogP contribution in [0, 0.1) is 12.3 Å². The van der Waals surface area contributed by atoms with Crippen molar-refractivity contribution in [1.29, 1.82) is 0 Å². The van der Waals surface area contributed by atoms with Crippen LogP contribution in [0.1, 0.15) is 31.9 Å². The summed E-state index contributed by atoms with van der Waals surface area (Å²) in [7, 11) is 0. The quantitative estimate of drug-likeness (QED) is 0.811. The molecule has 0 bridgehead atoms. The molecule has 4 nitrogen and oxygen atoms in total. The molecular formula is C20H24N2O2. The zero-order valence-electron chi connectivity index (χ0n) is 14.6. The Kier molecular flexibility index (Phi) is 5.39. The molecule has 2 N–H and O–H groups in total. The molecule has 0 aliphatic carbocycles. The van der Waals surface area contributed by atoms with E-state index in [-0.39, 0.29) is 11.8 Å². The van der Waals surface area contributed by atoms with Crippen LogP contribution in [0.15, 0.2) is 48.5 Å². The summed E-state index contributed by atoms with van der Waals surface area (Å²) < 4.78 is 0. The van der Waals surface area contributed by atoms with Gasteiger partial charge in [-0.05, 0) is 50.5 Å². The van der Waals surface area contributed by atoms with Crippen LogP contribution in [0.5, 0.6) is 0 Å². The molecule has 0 aromatic heterocycles. The summed E-state index contributed by atoms with van der Waals surface area (Å²) >= 11 is 0. The van der Waals surface area contributed by atoms with Crippen molar-refractivity contribution < 1.29 is 9.59 Å². The smallest absolute Gasteiger partial charge is 0.239 e. The number of carbonyl (C=O) groups is 2. The van der Waals surface area contributed by atoms with Gasteiger partial charge in [0.15, 0.2) is 0 Å². The summed E-state index contributed by atoms with van der Waals surface area (Å²) in [5, 5.41) is 5.73. The number of benzene rings is 2. The number of para-hydroxylation sites is 2. The lowest BCUT2D eigenvalue weighted by atomic mass is 9.90. The van der Waals surface area contributed by atoms with Crippen molar-refractivity contribution in [2.75, 3.05) is 10.6 Å². The Morgan fingerprint density at radius 2 is 1.38 bits per heavy atom. The van der Waals surface area contributed by atoms with Crippen LogP contribution in [0.4, 0.5) is 11.4 Å². The molecule has 0 aliphatic heterocycles. The third-order valence-corrected chi connectivity index (χ3v) is 4.18. The minimum Gasteiger partial charge on any atom is -0.325 e. The number of nitrogens with one attached hydrogen (secondary N) is 2. The molecule has 2 amide bonds. The maximum absolute atomic E-state index is 12.6. The number of hydrogen-bond donors (Lipinski definition) is 2. The van der Waals surface area contributed by atoms with Gasteiger partial charge in [0.25, 0.3) is 0 Å². The minimum absolute atomic E-state index is 0.325. The molecule has 0 unspecified atom stereocenters. The highest BCUT2D eigenvalue weighted by Crippen LogP contribution is 2.24. The Balaban J connectivity index is 2.15. The summed E-state index contributed by atoms with van der Waals surface area (Å²) in [6, 6.07) is 15.1. The second-order valence-corrected chi connectivity index (χ2v) is 6.36. The maximum atomic E-state index is 12.6. The Hall–Kier alpha value is -2.62. The fourth-order valence-corrected chi connectivity index (χ4v) is 2.32. The van der Waals surface area contributed by atoms with E-state index >= 15 is 0 Å². The van der Waals surface area contributed by atoms with E-state index in [1.807, 2.05) is 62.4 Å². The molecule has 2 aromatic carbocycles. The van der Waals surface area contributed by atoms with Gasteiger partial charge in [-0.2, -0.15) is 0 Å². The predicted molar refractivity (Wildman–Crippen MR) is 98.0 cm³/mol. The normalized spacial score (nSPS) is 11.0. The van der Waals surface area contributed by atoms with Crippen LogP contribution in [0.2, 0.25) is 0 Å². The number of rotatable bonds is 5. The Labute approximate surface area is 143 Å².